The number of rotatable bonds is 3. The largest absolute Gasteiger partial charge is 0.376 e. The summed E-state index contributed by atoms with van der Waals surface area (Å²) in [5.74, 6) is 0. The Kier molecular flexibility index (Phi) is 4.10. The molecule has 0 bridgehead atoms. The molecule has 20 heavy (non-hydrogen) atoms. The summed E-state index contributed by atoms with van der Waals surface area (Å²) in [6.07, 6.45) is 5.59. The highest BCUT2D eigenvalue weighted by molar-refractivity contribution is 9.10. The predicted octanol–water partition coefficient (Wildman–Crippen LogP) is 3.10. The molecule has 2 unspecified atom stereocenters. The van der Waals surface area contributed by atoms with Crippen molar-refractivity contribution in [3.63, 3.8) is 0 Å². The topological polar surface area (TPSA) is 29.8 Å². The van der Waals surface area contributed by atoms with Gasteiger partial charge in [0.05, 0.1) is 18.4 Å². The van der Waals surface area contributed by atoms with Crippen LogP contribution in [0.15, 0.2) is 29.0 Å². The maximum Gasteiger partial charge on any atom is 0.137 e. The Balaban J connectivity index is 1.80. The van der Waals surface area contributed by atoms with Crippen LogP contribution in [0.25, 0.3) is 5.65 Å². The molecule has 0 amide bonds. The van der Waals surface area contributed by atoms with Gasteiger partial charge in [-0.1, -0.05) is 6.92 Å². The van der Waals surface area contributed by atoms with Crippen molar-refractivity contribution < 1.29 is 4.74 Å². The third-order valence-corrected chi connectivity index (χ3v) is 4.35. The van der Waals surface area contributed by atoms with Gasteiger partial charge in [-0.25, -0.2) is 4.98 Å². The van der Waals surface area contributed by atoms with Crippen LogP contribution in [0, 0.1) is 0 Å². The Labute approximate surface area is 127 Å². The van der Waals surface area contributed by atoms with Crippen LogP contribution in [0.3, 0.4) is 0 Å². The number of hydrogen-bond acceptors (Lipinski definition) is 3. The van der Waals surface area contributed by atoms with Gasteiger partial charge in [0.25, 0.3) is 0 Å². The van der Waals surface area contributed by atoms with Crippen molar-refractivity contribution >= 4 is 21.6 Å². The van der Waals surface area contributed by atoms with E-state index in [2.05, 4.69) is 45.3 Å². The minimum absolute atomic E-state index is 0.309. The van der Waals surface area contributed by atoms with Gasteiger partial charge in [-0.3, -0.25) is 4.90 Å². The molecule has 1 aliphatic heterocycles. The van der Waals surface area contributed by atoms with E-state index < -0.39 is 0 Å². The minimum Gasteiger partial charge on any atom is -0.376 e. The van der Waals surface area contributed by atoms with Gasteiger partial charge in [-0.15, -0.1) is 0 Å². The fraction of sp³-hybridized carbons (Fsp3) is 0.533. The van der Waals surface area contributed by atoms with Crippen LogP contribution in [-0.2, 0) is 11.3 Å². The molecular weight excluding hydrogens is 318 g/mol. The molecule has 0 spiro atoms. The monoisotopic (exact) mass is 337 g/mol. The lowest BCUT2D eigenvalue weighted by molar-refractivity contribution is -0.0595. The number of aromatic nitrogens is 2. The van der Waals surface area contributed by atoms with E-state index in [1.165, 1.54) is 0 Å². The lowest BCUT2D eigenvalue weighted by Crippen LogP contribution is -2.47. The standard InChI is InChI=1S/C15H20BrN3O/c1-3-14-10-20-11(2)6-18(14)8-13-9-19-7-12(16)4-5-15(19)17-13/h4-5,7,9,11,14H,3,6,8,10H2,1-2H3. The van der Waals surface area contributed by atoms with Crippen molar-refractivity contribution in [2.75, 3.05) is 13.2 Å². The summed E-state index contributed by atoms with van der Waals surface area (Å²) in [5, 5.41) is 0. The third-order valence-electron chi connectivity index (χ3n) is 3.88. The molecule has 0 aliphatic carbocycles. The second-order valence-corrected chi connectivity index (χ2v) is 6.40. The number of hydrogen-bond donors (Lipinski definition) is 0. The molecule has 0 saturated carbocycles. The maximum absolute atomic E-state index is 5.75. The number of fused-ring (bicyclic) bond motifs is 1. The van der Waals surface area contributed by atoms with Gasteiger partial charge in [-0.05, 0) is 41.4 Å². The van der Waals surface area contributed by atoms with Crippen LogP contribution in [-0.4, -0.2) is 39.6 Å². The summed E-state index contributed by atoms with van der Waals surface area (Å²) < 4.78 is 8.89. The maximum atomic E-state index is 5.75. The molecule has 4 nitrogen and oxygen atoms in total. The van der Waals surface area contributed by atoms with Crippen molar-refractivity contribution in [2.24, 2.45) is 0 Å². The van der Waals surface area contributed by atoms with Crippen LogP contribution >= 0.6 is 15.9 Å². The van der Waals surface area contributed by atoms with E-state index >= 15 is 0 Å². The van der Waals surface area contributed by atoms with Crippen molar-refractivity contribution in [1.29, 1.82) is 0 Å². The van der Waals surface area contributed by atoms with E-state index in [9.17, 15) is 0 Å². The smallest absolute Gasteiger partial charge is 0.137 e. The molecule has 1 fully saturated rings. The van der Waals surface area contributed by atoms with Gasteiger partial charge in [0.1, 0.15) is 5.65 Å². The summed E-state index contributed by atoms with van der Waals surface area (Å²) in [7, 11) is 0. The summed E-state index contributed by atoms with van der Waals surface area (Å²) in [5.41, 5.74) is 2.12. The zero-order valence-electron chi connectivity index (χ0n) is 11.9. The third kappa shape index (κ3) is 2.90. The lowest BCUT2D eigenvalue weighted by atomic mass is 10.1. The van der Waals surface area contributed by atoms with Crippen molar-refractivity contribution in [2.45, 2.75) is 39.0 Å². The molecule has 3 rings (SSSR count). The predicted molar refractivity (Wildman–Crippen MR) is 82.8 cm³/mol. The molecule has 0 radical (unpaired) electrons. The fourth-order valence-electron chi connectivity index (χ4n) is 2.78. The number of morpholine rings is 1. The Morgan fingerprint density at radius 3 is 3.05 bits per heavy atom. The molecule has 2 aromatic rings. The van der Waals surface area contributed by atoms with Crippen molar-refractivity contribution in [3.8, 4) is 0 Å². The second-order valence-electron chi connectivity index (χ2n) is 5.48. The molecule has 2 atom stereocenters. The molecule has 1 saturated heterocycles. The lowest BCUT2D eigenvalue weighted by Gasteiger charge is -2.37. The Hall–Kier alpha value is -0.910. The van der Waals surface area contributed by atoms with Crippen molar-refractivity contribution in [3.05, 3.63) is 34.7 Å². The van der Waals surface area contributed by atoms with Gasteiger partial charge in [0.15, 0.2) is 0 Å². The van der Waals surface area contributed by atoms with Crippen LogP contribution in [0.4, 0.5) is 0 Å². The SMILES string of the molecule is CCC1COC(C)CN1Cc1cn2cc(Br)ccc2n1. The first-order chi connectivity index (χ1) is 9.65. The molecule has 2 aromatic heterocycles. The average Bonchev–Trinajstić information content (AvgIpc) is 2.80. The van der Waals surface area contributed by atoms with Gasteiger partial charge < -0.3 is 9.14 Å². The van der Waals surface area contributed by atoms with Crippen molar-refractivity contribution in [1.82, 2.24) is 14.3 Å². The molecule has 0 aromatic carbocycles. The summed E-state index contributed by atoms with van der Waals surface area (Å²) in [6, 6.07) is 4.56. The van der Waals surface area contributed by atoms with Gasteiger partial charge >= 0.3 is 0 Å². The zero-order chi connectivity index (χ0) is 14.1. The van der Waals surface area contributed by atoms with Crippen LogP contribution in [0.5, 0.6) is 0 Å². The van der Waals surface area contributed by atoms with Gasteiger partial charge in [0.2, 0.25) is 0 Å². The first kappa shape index (κ1) is 14.0. The van der Waals surface area contributed by atoms with Gasteiger partial charge in [-0.2, -0.15) is 0 Å². The first-order valence-electron chi connectivity index (χ1n) is 7.14. The number of imidazole rings is 1. The molecule has 0 N–H and O–H groups in total. The summed E-state index contributed by atoms with van der Waals surface area (Å²) in [6.45, 7) is 7.07. The van der Waals surface area contributed by atoms with Crippen LogP contribution in [0.1, 0.15) is 26.0 Å². The first-order valence-corrected chi connectivity index (χ1v) is 7.94. The van der Waals surface area contributed by atoms with E-state index in [-0.39, 0.29) is 0 Å². The minimum atomic E-state index is 0.309. The van der Waals surface area contributed by atoms with E-state index in [0.717, 1.165) is 41.9 Å². The number of halogens is 1. The Morgan fingerprint density at radius 2 is 2.25 bits per heavy atom. The summed E-state index contributed by atoms with van der Waals surface area (Å²) in [4.78, 5) is 7.19. The average molecular weight is 338 g/mol. The highest BCUT2D eigenvalue weighted by atomic mass is 79.9. The highest BCUT2D eigenvalue weighted by Gasteiger charge is 2.26. The Morgan fingerprint density at radius 1 is 1.40 bits per heavy atom. The van der Waals surface area contributed by atoms with Crippen LogP contribution < -0.4 is 0 Å². The molecule has 1 aliphatic rings. The number of ether oxygens (including phenoxy) is 1. The van der Waals surface area contributed by atoms with Crippen LogP contribution in [0.2, 0.25) is 0 Å². The fourth-order valence-corrected chi connectivity index (χ4v) is 3.14. The number of nitrogens with zero attached hydrogens (tertiary/aromatic N) is 3. The highest BCUT2D eigenvalue weighted by Crippen LogP contribution is 2.18. The number of pyridine rings is 1. The second kappa shape index (κ2) is 5.84. The normalized spacial score (nSPS) is 24.4. The molecule has 108 valence electrons. The Bertz CT molecular complexity index is 598. The molecule has 3 heterocycles. The van der Waals surface area contributed by atoms with E-state index in [4.69, 9.17) is 9.72 Å². The quantitative estimate of drug-likeness (QED) is 0.861. The molecule has 5 heteroatoms. The van der Waals surface area contributed by atoms with E-state index in [1.54, 1.807) is 0 Å². The zero-order valence-corrected chi connectivity index (χ0v) is 13.5. The van der Waals surface area contributed by atoms with E-state index in [1.807, 2.05) is 18.3 Å². The molecular formula is C15H20BrN3O. The van der Waals surface area contributed by atoms with E-state index in [0.29, 0.717) is 12.1 Å². The summed E-state index contributed by atoms with van der Waals surface area (Å²) >= 11 is 3.49. The van der Waals surface area contributed by atoms with Gasteiger partial charge in [0, 0.05) is 36.0 Å².